The highest BCUT2D eigenvalue weighted by Gasteiger charge is 2.44. The summed E-state index contributed by atoms with van der Waals surface area (Å²) in [4.78, 5) is 37.1. The van der Waals surface area contributed by atoms with Crippen LogP contribution in [0.4, 0.5) is 0 Å². The summed E-state index contributed by atoms with van der Waals surface area (Å²) in [5.41, 5.74) is 15.6. The summed E-state index contributed by atoms with van der Waals surface area (Å²) in [5, 5.41) is 11.9. The lowest BCUT2D eigenvalue weighted by molar-refractivity contribution is -0.142. The van der Waals surface area contributed by atoms with E-state index >= 15 is 0 Å². The number of carbonyl (C=O) groups is 3. The van der Waals surface area contributed by atoms with Crippen LogP contribution in [0.5, 0.6) is 0 Å². The summed E-state index contributed by atoms with van der Waals surface area (Å²) in [7, 11) is 0. The number of rotatable bonds is 23. The van der Waals surface area contributed by atoms with E-state index in [9.17, 15) is 19.5 Å². The summed E-state index contributed by atoms with van der Waals surface area (Å²) in [5.74, 6) is -3.56. The Morgan fingerprint density at radius 1 is 0.588 bits per heavy atom. The van der Waals surface area contributed by atoms with Crippen molar-refractivity contribution in [1.29, 1.82) is 0 Å². The van der Waals surface area contributed by atoms with E-state index in [1.807, 2.05) is 0 Å². The molecule has 0 heterocycles. The molecule has 0 saturated heterocycles. The maximum atomic E-state index is 12.5. The molecule has 3 atom stereocenters. The minimum atomic E-state index is -1.59. The summed E-state index contributed by atoms with van der Waals surface area (Å²) < 4.78 is 0. The monoisotopic (exact) mass is 483 g/mol. The van der Waals surface area contributed by atoms with Crippen LogP contribution in [0.3, 0.4) is 0 Å². The molecule has 0 aromatic heterocycles. The molecule has 3 amide bonds. The fraction of sp³-hybridized carbons (Fsp3) is 0.889. The molecule has 0 fully saturated rings. The Kier molecular flexibility index (Phi) is 17.8. The highest BCUT2D eigenvalue weighted by molar-refractivity contribution is 5.80. The van der Waals surface area contributed by atoms with Crippen molar-refractivity contribution in [3.63, 3.8) is 0 Å². The second-order valence-electron chi connectivity index (χ2n) is 10.2. The number of hydrogen-bond acceptors (Lipinski definition) is 4. The van der Waals surface area contributed by atoms with Gasteiger partial charge in [-0.25, -0.2) is 0 Å². The molecular formula is C27H53N3O4. The quantitative estimate of drug-likeness (QED) is 0.156. The van der Waals surface area contributed by atoms with E-state index in [-0.39, 0.29) is 12.8 Å². The Morgan fingerprint density at radius 3 is 1.24 bits per heavy atom. The Morgan fingerprint density at radius 2 is 0.941 bits per heavy atom. The van der Waals surface area contributed by atoms with Crippen LogP contribution in [0.1, 0.15) is 130 Å². The Bertz CT molecular complexity index is 550. The van der Waals surface area contributed by atoms with Gasteiger partial charge >= 0.3 is 0 Å². The lowest BCUT2D eigenvalue weighted by atomic mass is 9.70. The van der Waals surface area contributed by atoms with Gasteiger partial charge in [0, 0.05) is 11.8 Å². The van der Waals surface area contributed by atoms with Crippen LogP contribution in [-0.4, -0.2) is 28.4 Å². The first-order valence-electron chi connectivity index (χ1n) is 13.7. The molecule has 7 nitrogen and oxygen atoms in total. The Labute approximate surface area is 208 Å². The third-order valence-corrected chi connectivity index (χ3v) is 7.16. The summed E-state index contributed by atoms with van der Waals surface area (Å²) in [6.07, 6.45) is 13.3. The average Bonchev–Trinajstić information content (AvgIpc) is 2.77. The minimum Gasteiger partial charge on any atom is -0.389 e. The highest BCUT2D eigenvalue weighted by Crippen LogP contribution is 2.38. The molecule has 0 aliphatic rings. The van der Waals surface area contributed by atoms with Gasteiger partial charge in [-0.3, -0.25) is 14.4 Å². The molecule has 7 heteroatoms. The number of carbonyl (C=O) groups excluding carboxylic acids is 3. The van der Waals surface area contributed by atoms with Crippen molar-refractivity contribution >= 4 is 17.7 Å². The van der Waals surface area contributed by atoms with Gasteiger partial charge in [0.05, 0.1) is 11.5 Å². The molecule has 0 aromatic rings. The third kappa shape index (κ3) is 13.3. The van der Waals surface area contributed by atoms with Gasteiger partial charge < -0.3 is 22.3 Å². The largest absolute Gasteiger partial charge is 0.389 e. The molecule has 0 aliphatic carbocycles. The van der Waals surface area contributed by atoms with Gasteiger partial charge in [-0.05, 0) is 32.1 Å². The van der Waals surface area contributed by atoms with Gasteiger partial charge in [0.2, 0.25) is 17.7 Å². The van der Waals surface area contributed by atoms with Crippen LogP contribution in [0.15, 0.2) is 0 Å². The van der Waals surface area contributed by atoms with Gasteiger partial charge in [0.1, 0.15) is 0 Å². The van der Waals surface area contributed by atoms with E-state index in [1.165, 1.54) is 0 Å². The second-order valence-corrected chi connectivity index (χ2v) is 10.2. The standard InChI is InChI=1S/C27H53N3O4/c1-4-7-10-13-16-21(24(28)31)19-27(34,23(26(30)33)18-15-12-9-6-3)20-22(25(29)32)17-14-11-8-5-2/h21-23,34H,4-20H2,1-3H3,(H2,28,31)(H2,29,32)(H2,30,33). The fourth-order valence-electron chi connectivity index (χ4n) is 5.00. The van der Waals surface area contributed by atoms with Gasteiger partial charge in [-0.2, -0.15) is 0 Å². The lowest BCUT2D eigenvalue weighted by Crippen LogP contribution is -2.50. The van der Waals surface area contributed by atoms with Crippen LogP contribution >= 0.6 is 0 Å². The smallest absolute Gasteiger partial charge is 0.223 e. The van der Waals surface area contributed by atoms with Crippen molar-refractivity contribution in [1.82, 2.24) is 0 Å². The van der Waals surface area contributed by atoms with E-state index < -0.39 is 41.1 Å². The Hall–Kier alpha value is -1.63. The molecule has 0 spiro atoms. The second kappa shape index (κ2) is 18.7. The van der Waals surface area contributed by atoms with Crippen molar-refractivity contribution in [3.8, 4) is 0 Å². The van der Waals surface area contributed by atoms with Crippen LogP contribution in [-0.2, 0) is 14.4 Å². The minimum absolute atomic E-state index is 0.0363. The van der Waals surface area contributed by atoms with Crippen molar-refractivity contribution in [2.45, 2.75) is 136 Å². The number of unbranched alkanes of at least 4 members (excludes halogenated alkanes) is 9. The van der Waals surface area contributed by atoms with Gasteiger partial charge in [0.25, 0.3) is 0 Å². The van der Waals surface area contributed by atoms with Crippen molar-refractivity contribution in [2.24, 2.45) is 35.0 Å². The molecule has 0 aromatic carbocycles. The molecule has 0 bridgehead atoms. The summed E-state index contributed by atoms with van der Waals surface area (Å²) in [6.45, 7) is 6.34. The number of amides is 3. The highest BCUT2D eigenvalue weighted by atomic mass is 16.3. The van der Waals surface area contributed by atoms with Crippen LogP contribution < -0.4 is 17.2 Å². The first-order valence-corrected chi connectivity index (χ1v) is 13.7. The van der Waals surface area contributed by atoms with E-state index in [1.54, 1.807) is 0 Å². The van der Waals surface area contributed by atoms with E-state index in [0.717, 1.165) is 77.0 Å². The zero-order valence-corrected chi connectivity index (χ0v) is 22.2. The number of aliphatic hydroxyl groups is 1. The van der Waals surface area contributed by atoms with E-state index in [2.05, 4.69) is 20.8 Å². The molecule has 3 unspecified atom stereocenters. The predicted molar refractivity (Wildman–Crippen MR) is 139 cm³/mol. The first kappa shape index (κ1) is 32.4. The molecule has 0 radical (unpaired) electrons. The van der Waals surface area contributed by atoms with E-state index in [4.69, 9.17) is 17.2 Å². The maximum Gasteiger partial charge on any atom is 0.223 e. The molecule has 0 rings (SSSR count). The molecular weight excluding hydrogens is 430 g/mol. The molecule has 0 aliphatic heterocycles. The molecule has 200 valence electrons. The van der Waals surface area contributed by atoms with Gasteiger partial charge in [-0.15, -0.1) is 0 Å². The molecule has 34 heavy (non-hydrogen) atoms. The number of hydrogen-bond donors (Lipinski definition) is 4. The van der Waals surface area contributed by atoms with Gasteiger partial charge in [0.15, 0.2) is 0 Å². The average molecular weight is 484 g/mol. The van der Waals surface area contributed by atoms with E-state index in [0.29, 0.717) is 19.3 Å². The third-order valence-electron chi connectivity index (χ3n) is 7.16. The first-order chi connectivity index (χ1) is 16.1. The molecule has 0 saturated carbocycles. The summed E-state index contributed by atoms with van der Waals surface area (Å²) in [6, 6.07) is 0. The zero-order valence-electron chi connectivity index (χ0n) is 22.2. The van der Waals surface area contributed by atoms with Gasteiger partial charge in [-0.1, -0.05) is 97.8 Å². The molecule has 7 N–H and O–H groups in total. The fourth-order valence-corrected chi connectivity index (χ4v) is 5.00. The maximum absolute atomic E-state index is 12.5. The zero-order chi connectivity index (χ0) is 26.0. The summed E-state index contributed by atoms with van der Waals surface area (Å²) >= 11 is 0. The van der Waals surface area contributed by atoms with Crippen molar-refractivity contribution < 1.29 is 19.5 Å². The normalized spacial score (nSPS) is 15.9. The van der Waals surface area contributed by atoms with Crippen molar-refractivity contribution in [3.05, 3.63) is 0 Å². The van der Waals surface area contributed by atoms with Crippen LogP contribution in [0, 0.1) is 17.8 Å². The Balaban J connectivity index is 5.78. The van der Waals surface area contributed by atoms with Crippen LogP contribution in [0.25, 0.3) is 0 Å². The number of nitrogens with two attached hydrogens (primary N) is 3. The van der Waals surface area contributed by atoms with Crippen LogP contribution in [0.2, 0.25) is 0 Å². The topological polar surface area (TPSA) is 150 Å². The van der Waals surface area contributed by atoms with Crippen molar-refractivity contribution in [2.75, 3.05) is 0 Å². The SMILES string of the molecule is CCCCCCC(CC(O)(CC(CCCCCC)C(N)=O)C(CCCCCC)C(N)=O)C(N)=O. The predicted octanol–water partition coefficient (Wildman–Crippen LogP) is 4.71. The number of primary amides is 3. The lowest BCUT2D eigenvalue weighted by Gasteiger charge is -2.39.